The predicted molar refractivity (Wildman–Crippen MR) is 85.9 cm³/mol. The Kier molecular flexibility index (Phi) is 4.20. The Morgan fingerprint density at radius 1 is 1.36 bits per heavy atom. The van der Waals surface area contributed by atoms with Gasteiger partial charge in [0, 0.05) is 37.7 Å². The van der Waals surface area contributed by atoms with Gasteiger partial charge in [0.1, 0.15) is 5.82 Å². The molecule has 0 spiro atoms. The summed E-state index contributed by atoms with van der Waals surface area (Å²) in [6, 6.07) is 4.00. The first-order chi connectivity index (χ1) is 10.6. The second-order valence-corrected chi connectivity index (χ2v) is 5.73. The van der Waals surface area contributed by atoms with Gasteiger partial charge in [0.25, 0.3) is 0 Å². The van der Waals surface area contributed by atoms with Crippen LogP contribution in [0.1, 0.15) is 23.2 Å². The Morgan fingerprint density at radius 2 is 2.23 bits per heavy atom. The van der Waals surface area contributed by atoms with Gasteiger partial charge in [-0.05, 0) is 37.5 Å². The standard InChI is InChI=1S/C16H21N5O/c1-11-7-13(8-18-12(11)2)9-19-16-17-5-3-15(20-16)21-6-4-14(22)10-21/h3,5,7-8,14,22H,4,6,9-10H2,1-2H3,(H,17,19,20). The summed E-state index contributed by atoms with van der Waals surface area (Å²) in [6.45, 7) is 6.17. The van der Waals surface area contributed by atoms with E-state index in [2.05, 4.69) is 38.2 Å². The fraction of sp³-hybridized carbons (Fsp3) is 0.438. The summed E-state index contributed by atoms with van der Waals surface area (Å²) < 4.78 is 0. The average Bonchev–Trinajstić information content (AvgIpc) is 2.95. The number of hydrogen-bond donors (Lipinski definition) is 2. The molecule has 6 nitrogen and oxygen atoms in total. The van der Waals surface area contributed by atoms with E-state index < -0.39 is 0 Å². The fourth-order valence-electron chi connectivity index (χ4n) is 2.54. The Balaban J connectivity index is 1.66. The van der Waals surface area contributed by atoms with Gasteiger partial charge >= 0.3 is 0 Å². The molecule has 0 aliphatic carbocycles. The molecule has 1 aliphatic rings. The van der Waals surface area contributed by atoms with E-state index in [1.54, 1.807) is 6.20 Å². The van der Waals surface area contributed by atoms with Gasteiger partial charge < -0.3 is 15.3 Å². The van der Waals surface area contributed by atoms with Gasteiger partial charge in [0.15, 0.2) is 0 Å². The van der Waals surface area contributed by atoms with Gasteiger partial charge in [-0.25, -0.2) is 4.98 Å². The lowest BCUT2D eigenvalue weighted by Crippen LogP contribution is -2.22. The molecule has 0 aromatic carbocycles. The third-order valence-electron chi connectivity index (χ3n) is 3.98. The topological polar surface area (TPSA) is 74.2 Å². The third kappa shape index (κ3) is 3.33. The number of pyridine rings is 1. The summed E-state index contributed by atoms with van der Waals surface area (Å²) in [7, 11) is 0. The quantitative estimate of drug-likeness (QED) is 0.894. The highest BCUT2D eigenvalue weighted by atomic mass is 16.3. The maximum atomic E-state index is 9.62. The lowest BCUT2D eigenvalue weighted by molar-refractivity contribution is 0.198. The first kappa shape index (κ1) is 14.7. The SMILES string of the molecule is Cc1cc(CNc2nccc(N3CCC(O)C3)n2)cnc1C. The smallest absolute Gasteiger partial charge is 0.224 e. The number of nitrogens with zero attached hydrogens (tertiary/aromatic N) is 4. The highest BCUT2D eigenvalue weighted by molar-refractivity contribution is 5.43. The van der Waals surface area contributed by atoms with Gasteiger partial charge in [-0.2, -0.15) is 4.98 Å². The summed E-state index contributed by atoms with van der Waals surface area (Å²) in [6.07, 6.45) is 4.15. The Morgan fingerprint density at radius 3 is 2.95 bits per heavy atom. The maximum absolute atomic E-state index is 9.62. The van der Waals surface area contributed by atoms with E-state index in [1.807, 2.05) is 19.2 Å². The lowest BCUT2D eigenvalue weighted by atomic mass is 10.1. The van der Waals surface area contributed by atoms with E-state index in [-0.39, 0.29) is 6.10 Å². The lowest BCUT2D eigenvalue weighted by Gasteiger charge is -2.17. The zero-order chi connectivity index (χ0) is 15.5. The Labute approximate surface area is 130 Å². The van der Waals surface area contributed by atoms with Crippen molar-refractivity contribution in [1.82, 2.24) is 15.0 Å². The number of aliphatic hydroxyl groups excluding tert-OH is 1. The van der Waals surface area contributed by atoms with Crippen molar-refractivity contribution in [3.8, 4) is 0 Å². The van der Waals surface area contributed by atoms with E-state index in [0.717, 1.165) is 30.0 Å². The minimum Gasteiger partial charge on any atom is -0.391 e. The largest absolute Gasteiger partial charge is 0.391 e. The molecule has 2 N–H and O–H groups in total. The molecule has 3 rings (SSSR count). The van der Waals surface area contributed by atoms with E-state index in [4.69, 9.17) is 0 Å². The summed E-state index contributed by atoms with van der Waals surface area (Å²) >= 11 is 0. The Hall–Kier alpha value is -2.21. The summed E-state index contributed by atoms with van der Waals surface area (Å²) in [5.74, 6) is 1.45. The highest BCUT2D eigenvalue weighted by Crippen LogP contribution is 2.18. The number of nitrogens with one attached hydrogen (secondary N) is 1. The van der Waals surface area contributed by atoms with Crippen LogP contribution in [0.5, 0.6) is 0 Å². The molecule has 0 saturated carbocycles. The molecular formula is C16H21N5O. The fourth-order valence-corrected chi connectivity index (χ4v) is 2.54. The molecule has 1 atom stereocenters. The molecule has 22 heavy (non-hydrogen) atoms. The maximum Gasteiger partial charge on any atom is 0.224 e. The van der Waals surface area contributed by atoms with Crippen molar-refractivity contribution in [2.24, 2.45) is 0 Å². The molecule has 0 radical (unpaired) electrons. The van der Waals surface area contributed by atoms with Crippen LogP contribution in [0.15, 0.2) is 24.5 Å². The van der Waals surface area contributed by atoms with Gasteiger partial charge in [-0.3, -0.25) is 4.98 Å². The van der Waals surface area contributed by atoms with Gasteiger partial charge in [0.2, 0.25) is 5.95 Å². The van der Waals surface area contributed by atoms with Crippen LogP contribution in [-0.4, -0.2) is 39.3 Å². The van der Waals surface area contributed by atoms with Crippen LogP contribution >= 0.6 is 0 Å². The van der Waals surface area contributed by atoms with Crippen molar-refractivity contribution in [2.45, 2.75) is 32.9 Å². The normalized spacial score (nSPS) is 17.8. The molecular weight excluding hydrogens is 278 g/mol. The molecule has 3 heterocycles. The average molecular weight is 299 g/mol. The van der Waals surface area contributed by atoms with Gasteiger partial charge in [-0.15, -0.1) is 0 Å². The van der Waals surface area contributed by atoms with Crippen molar-refractivity contribution in [3.63, 3.8) is 0 Å². The van der Waals surface area contributed by atoms with Crippen LogP contribution in [0.3, 0.4) is 0 Å². The molecule has 0 amide bonds. The molecule has 2 aromatic heterocycles. The molecule has 0 bridgehead atoms. The molecule has 1 unspecified atom stereocenters. The number of anilines is 2. The molecule has 1 aliphatic heterocycles. The first-order valence-electron chi connectivity index (χ1n) is 7.54. The van der Waals surface area contributed by atoms with Gasteiger partial charge in [-0.1, -0.05) is 6.07 Å². The van der Waals surface area contributed by atoms with Crippen molar-refractivity contribution in [3.05, 3.63) is 41.3 Å². The minimum atomic E-state index is -0.256. The van der Waals surface area contributed by atoms with E-state index >= 15 is 0 Å². The van der Waals surface area contributed by atoms with E-state index in [1.165, 1.54) is 5.56 Å². The highest BCUT2D eigenvalue weighted by Gasteiger charge is 2.21. The number of hydrogen-bond acceptors (Lipinski definition) is 6. The molecule has 2 aromatic rings. The molecule has 1 saturated heterocycles. The van der Waals surface area contributed by atoms with Crippen molar-refractivity contribution < 1.29 is 5.11 Å². The van der Waals surface area contributed by atoms with E-state index in [0.29, 0.717) is 19.0 Å². The van der Waals surface area contributed by atoms with E-state index in [9.17, 15) is 5.11 Å². The number of aryl methyl sites for hydroxylation is 2. The van der Waals surface area contributed by atoms with Crippen LogP contribution in [0.4, 0.5) is 11.8 Å². The Bertz CT molecular complexity index is 661. The van der Waals surface area contributed by atoms with Crippen LogP contribution in [0.2, 0.25) is 0 Å². The summed E-state index contributed by atoms with van der Waals surface area (Å²) in [5.41, 5.74) is 3.34. The van der Waals surface area contributed by atoms with Crippen molar-refractivity contribution >= 4 is 11.8 Å². The second kappa shape index (κ2) is 6.27. The zero-order valence-electron chi connectivity index (χ0n) is 13.0. The number of aliphatic hydroxyl groups is 1. The number of β-amino-alcohol motifs (C(OH)–C–C–N with tert-alkyl or cyclic N) is 1. The molecule has 116 valence electrons. The predicted octanol–water partition coefficient (Wildman–Crippen LogP) is 1.67. The summed E-state index contributed by atoms with van der Waals surface area (Å²) in [4.78, 5) is 15.2. The molecule has 1 fully saturated rings. The van der Waals surface area contributed by atoms with Crippen LogP contribution in [-0.2, 0) is 6.54 Å². The monoisotopic (exact) mass is 299 g/mol. The minimum absolute atomic E-state index is 0.256. The first-order valence-corrected chi connectivity index (χ1v) is 7.54. The molecule has 6 heteroatoms. The van der Waals surface area contributed by atoms with Crippen molar-refractivity contribution in [2.75, 3.05) is 23.3 Å². The van der Waals surface area contributed by atoms with Crippen LogP contribution in [0.25, 0.3) is 0 Å². The zero-order valence-corrected chi connectivity index (χ0v) is 13.0. The van der Waals surface area contributed by atoms with Crippen LogP contribution in [0, 0.1) is 13.8 Å². The van der Waals surface area contributed by atoms with Crippen molar-refractivity contribution in [1.29, 1.82) is 0 Å². The van der Waals surface area contributed by atoms with Gasteiger partial charge in [0.05, 0.1) is 6.10 Å². The van der Waals surface area contributed by atoms with Crippen LogP contribution < -0.4 is 10.2 Å². The third-order valence-corrected chi connectivity index (χ3v) is 3.98. The number of aromatic nitrogens is 3. The summed E-state index contributed by atoms with van der Waals surface area (Å²) in [5, 5.41) is 12.9. The second-order valence-electron chi connectivity index (χ2n) is 5.73. The number of rotatable bonds is 4.